The lowest BCUT2D eigenvalue weighted by atomic mass is 10.2. The van der Waals surface area contributed by atoms with Gasteiger partial charge in [0.1, 0.15) is 0 Å². The molecule has 1 aliphatic heterocycles. The number of rotatable bonds is 7. The topological polar surface area (TPSA) is 56.7 Å². The number of nitrogens with zero attached hydrogens (tertiary/aromatic N) is 3. The quantitative estimate of drug-likeness (QED) is 0.781. The molecule has 5 nitrogen and oxygen atoms in total. The number of anilines is 1. The van der Waals surface area contributed by atoms with Crippen LogP contribution in [-0.2, 0) is 11.2 Å². The van der Waals surface area contributed by atoms with Crippen molar-refractivity contribution in [2.24, 2.45) is 0 Å². The Morgan fingerprint density at radius 1 is 1.35 bits per heavy atom. The number of aryl methyl sites for hydroxylation is 1. The van der Waals surface area contributed by atoms with Crippen molar-refractivity contribution in [2.45, 2.75) is 32.6 Å². The number of hydrogen-bond donors (Lipinski definition) is 1. The molecule has 2 heterocycles. The van der Waals surface area contributed by atoms with Gasteiger partial charge < -0.3 is 10.0 Å². The van der Waals surface area contributed by atoms with Crippen molar-refractivity contribution in [1.82, 2.24) is 9.88 Å². The molecule has 0 amide bonds. The van der Waals surface area contributed by atoms with Crippen LogP contribution in [0.15, 0.2) is 6.20 Å². The summed E-state index contributed by atoms with van der Waals surface area (Å²) in [6.45, 7) is 7.32. The van der Waals surface area contributed by atoms with Gasteiger partial charge in [0.15, 0.2) is 5.13 Å². The lowest BCUT2D eigenvalue weighted by Crippen LogP contribution is -2.46. The van der Waals surface area contributed by atoms with Gasteiger partial charge in [-0.25, -0.2) is 4.98 Å². The molecule has 0 radical (unpaired) electrons. The van der Waals surface area contributed by atoms with E-state index in [0.717, 1.165) is 57.1 Å². The molecule has 1 saturated heterocycles. The Bertz CT molecular complexity index is 428. The van der Waals surface area contributed by atoms with E-state index in [-0.39, 0.29) is 0 Å². The molecule has 1 aromatic heterocycles. The van der Waals surface area contributed by atoms with E-state index < -0.39 is 5.97 Å². The number of aliphatic carboxylic acids is 1. The number of carbonyl (C=O) groups is 1. The Balaban J connectivity index is 1.68. The third-order valence-corrected chi connectivity index (χ3v) is 4.85. The molecule has 1 fully saturated rings. The molecule has 112 valence electrons. The third kappa shape index (κ3) is 4.45. The second-order valence-corrected chi connectivity index (χ2v) is 6.24. The van der Waals surface area contributed by atoms with Gasteiger partial charge in [-0.2, -0.15) is 0 Å². The van der Waals surface area contributed by atoms with Crippen LogP contribution in [0.25, 0.3) is 0 Å². The summed E-state index contributed by atoms with van der Waals surface area (Å²) in [5, 5.41) is 9.75. The largest absolute Gasteiger partial charge is 0.481 e. The Morgan fingerprint density at radius 2 is 2.10 bits per heavy atom. The van der Waals surface area contributed by atoms with Gasteiger partial charge >= 0.3 is 5.97 Å². The van der Waals surface area contributed by atoms with Crippen LogP contribution in [-0.4, -0.2) is 53.7 Å². The molecular weight excluding hydrogens is 274 g/mol. The molecule has 2 rings (SSSR count). The van der Waals surface area contributed by atoms with Gasteiger partial charge in [-0.1, -0.05) is 6.92 Å². The zero-order valence-corrected chi connectivity index (χ0v) is 12.9. The summed E-state index contributed by atoms with van der Waals surface area (Å²) < 4.78 is 0. The van der Waals surface area contributed by atoms with E-state index in [0.29, 0.717) is 6.42 Å². The number of unbranched alkanes of at least 4 members (excludes halogenated alkanes) is 1. The number of carboxylic acid groups (broad SMARTS) is 1. The van der Waals surface area contributed by atoms with E-state index in [1.165, 1.54) is 4.88 Å². The van der Waals surface area contributed by atoms with Crippen LogP contribution >= 0.6 is 11.3 Å². The minimum atomic E-state index is -0.690. The summed E-state index contributed by atoms with van der Waals surface area (Å²) in [5.74, 6) is -0.690. The fourth-order valence-corrected chi connectivity index (χ4v) is 3.28. The molecule has 1 aliphatic rings. The van der Waals surface area contributed by atoms with Crippen LogP contribution in [0, 0.1) is 0 Å². The average molecular weight is 297 g/mol. The van der Waals surface area contributed by atoms with Gasteiger partial charge in [0.05, 0.1) is 0 Å². The minimum absolute atomic E-state index is 0.291. The maximum atomic E-state index is 10.5. The normalized spacial score (nSPS) is 16.6. The van der Waals surface area contributed by atoms with Crippen molar-refractivity contribution in [3.05, 3.63) is 11.1 Å². The zero-order valence-electron chi connectivity index (χ0n) is 12.0. The highest BCUT2D eigenvalue weighted by Gasteiger charge is 2.18. The zero-order chi connectivity index (χ0) is 14.4. The second-order valence-electron chi connectivity index (χ2n) is 5.14. The first kappa shape index (κ1) is 15.3. The van der Waals surface area contributed by atoms with Gasteiger partial charge in [-0.15, -0.1) is 11.3 Å². The minimum Gasteiger partial charge on any atom is -0.481 e. The number of aromatic nitrogens is 1. The highest BCUT2D eigenvalue weighted by Crippen LogP contribution is 2.23. The van der Waals surface area contributed by atoms with Crippen LogP contribution in [0.4, 0.5) is 5.13 Å². The lowest BCUT2D eigenvalue weighted by molar-refractivity contribution is -0.137. The molecule has 0 aromatic carbocycles. The first-order valence-corrected chi connectivity index (χ1v) is 8.14. The molecular formula is C14H23N3O2S. The Morgan fingerprint density at radius 3 is 2.70 bits per heavy atom. The lowest BCUT2D eigenvalue weighted by Gasteiger charge is -2.34. The molecule has 1 N–H and O–H groups in total. The summed E-state index contributed by atoms with van der Waals surface area (Å²) in [6.07, 6.45) is 5.09. The van der Waals surface area contributed by atoms with Crippen LogP contribution in [0.5, 0.6) is 0 Å². The number of thiazole rings is 1. The fraction of sp³-hybridized carbons (Fsp3) is 0.714. The van der Waals surface area contributed by atoms with E-state index >= 15 is 0 Å². The van der Waals surface area contributed by atoms with E-state index in [2.05, 4.69) is 21.7 Å². The van der Waals surface area contributed by atoms with Crippen LogP contribution in [0.3, 0.4) is 0 Å². The molecule has 0 atom stereocenters. The maximum absolute atomic E-state index is 10.5. The van der Waals surface area contributed by atoms with Crippen LogP contribution < -0.4 is 4.90 Å². The van der Waals surface area contributed by atoms with E-state index in [1.54, 1.807) is 11.3 Å². The molecule has 0 spiro atoms. The van der Waals surface area contributed by atoms with Crippen LogP contribution in [0.2, 0.25) is 0 Å². The molecule has 0 aliphatic carbocycles. The first-order valence-electron chi connectivity index (χ1n) is 7.33. The van der Waals surface area contributed by atoms with Gasteiger partial charge in [0, 0.05) is 43.7 Å². The molecule has 1 aromatic rings. The van der Waals surface area contributed by atoms with E-state index in [9.17, 15) is 4.79 Å². The monoisotopic (exact) mass is 297 g/mol. The molecule has 20 heavy (non-hydrogen) atoms. The van der Waals surface area contributed by atoms with E-state index in [4.69, 9.17) is 5.11 Å². The Hall–Kier alpha value is -1.14. The van der Waals surface area contributed by atoms with Crippen LogP contribution in [0.1, 0.15) is 31.1 Å². The Labute approximate surface area is 124 Å². The number of hydrogen-bond acceptors (Lipinski definition) is 5. The average Bonchev–Trinajstić information content (AvgIpc) is 2.93. The molecule has 6 heteroatoms. The highest BCUT2D eigenvalue weighted by atomic mass is 32.1. The predicted molar refractivity (Wildman–Crippen MR) is 81.6 cm³/mol. The summed E-state index contributed by atoms with van der Waals surface area (Å²) in [6, 6.07) is 0. The summed E-state index contributed by atoms with van der Waals surface area (Å²) in [7, 11) is 0. The van der Waals surface area contributed by atoms with Crippen molar-refractivity contribution in [2.75, 3.05) is 37.6 Å². The number of carboxylic acids is 1. The van der Waals surface area contributed by atoms with Crippen molar-refractivity contribution in [3.63, 3.8) is 0 Å². The van der Waals surface area contributed by atoms with Gasteiger partial charge in [-0.3, -0.25) is 9.69 Å². The fourth-order valence-electron chi connectivity index (χ4n) is 2.38. The Kier molecular flexibility index (Phi) is 5.79. The molecule has 0 unspecified atom stereocenters. The van der Waals surface area contributed by atoms with Gasteiger partial charge in [-0.05, 0) is 25.8 Å². The molecule has 0 saturated carbocycles. The maximum Gasteiger partial charge on any atom is 0.303 e. The van der Waals surface area contributed by atoms with Crippen molar-refractivity contribution < 1.29 is 9.90 Å². The SMILES string of the molecule is CCc1cnc(N2CCN(CCCCC(=O)O)CC2)s1. The van der Waals surface area contributed by atoms with Gasteiger partial charge in [0.2, 0.25) is 0 Å². The standard InChI is InChI=1S/C14H23N3O2S/c1-2-12-11-15-14(20-12)17-9-7-16(8-10-17)6-4-3-5-13(18)19/h11H,2-10H2,1H3,(H,18,19). The predicted octanol–water partition coefficient (Wildman–Crippen LogP) is 2.08. The van der Waals surface area contributed by atoms with Crippen molar-refractivity contribution in [3.8, 4) is 0 Å². The smallest absolute Gasteiger partial charge is 0.303 e. The summed E-state index contributed by atoms with van der Waals surface area (Å²) in [5.41, 5.74) is 0. The summed E-state index contributed by atoms with van der Waals surface area (Å²) in [4.78, 5) is 21.1. The van der Waals surface area contributed by atoms with Crippen molar-refractivity contribution in [1.29, 1.82) is 0 Å². The third-order valence-electron chi connectivity index (χ3n) is 3.65. The molecule has 0 bridgehead atoms. The number of piperazine rings is 1. The van der Waals surface area contributed by atoms with Crippen molar-refractivity contribution >= 4 is 22.4 Å². The van der Waals surface area contributed by atoms with Gasteiger partial charge in [0.25, 0.3) is 0 Å². The highest BCUT2D eigenvalue weighted by molar-refractivity contribution is 7.15. The second kappa shape index (κ2) is 7.59. The first-order chi connectivity index (χ1) is 9.69. The summed E-state index contributed by atoms with van der Waals surface area (Å²) >= 11 is 1.80. The van der Waals surface area contributed by atoms with E-state index in [1.807, 2.05) is 6.20 Å².